The number of alkyl halides is 1. The van der Waals surface area contributed by atoms with Crippen LogP contribution in [0.4, 0.5) is 22.0 Å². The van der Waals surface area contributed by atoms with Crippen LogP contribution in [0.1, 0.15) is 39.5 Å². The van der Waals surface area contributed by atoms with E-state index in [-0.39, 0.29) is 32.5 Å². The number of pyridine rings is 1. The zero-order chi connectivity index (χ0) is 23.6. The third kappa shape index (κ3) is 4.40. The molecule has 2 unspecified atom stereocenters. The molecule has 1 spiro atoms. The van der Waals surface area contributed by atoms with E-state index in [0.717, 1.165) is 31.0 Å². The Morgan fingerprint density at radius 2 is 1.88 bits per heavy atom. The molecule has 2 aliphatic rings. The van der Waals surface area contributed by atoms with Gasteiger partial charge in [-0.3, -0.25) is 9.36 Å². The van der Waals surface area contributed by atoms with Crippen LogP contribution in [0.25, 0.3) is 0 Å². The van der Waals surface area contributed by atoms with E-state index < -0.39 is 12.2 Å². The Labute approximate surface area is 196 Å². The van der Waals surface area contributed by atoms with Crippen LogP contribution in [0.15, 0.2) is 26.8 Å². The minimum Gasteiger partial charge on any atom is -0.382 e. The van der Waals surface area contributed by atoms with Crippen molar-refractivity contribution in [1.29, 1.82) is 0 Å². The molecule has 176 valence electrons. The highest BCUT2D eigenvalue weighted by molar-refractivity contribution is 7.99. The molecule has 11 heteroatoms. The summed E-state index contributed by atoms with van der Waals surface area (Å²) in [6.07, 6.45) is 3.47. The standard InChI is InChI=1S/C19H25ClFN7OS.C2H6/c1-27-17(29)13(30-11-3-7-25-15(23)12(11)20)16(24)26-18(27)28-8-5-19(6-9-28)4-2-10(21)14(19)22;1-2/h3,7,10,14H,2,4-6,8-9,22,24H2,1H3,(H2,23,25);1-2H3. The van der Waals surface area contributed by atoms with Crippen LogP contribution in [0.2, 0.25) is 5.02 Å². The van der Waals surface area contributed by atoms with E-state index in [1.54, 1.807) is 13.1 Å². The summed E-state index contributed by atoms with van der Waals surface area (Å²) in [5, 5.41) is 0.272. The average Bonchev–Trinajstić information content (AvgIpc) is 3.07. The van der Waals surface area contributed by atoms with Crippen LogP contribution in [0.3, 0.4) is 0 Å². The number of hydrogen-bond acceptors (Lipinski definition) is 8. The van der Waals surface area contributed by atoms with Crippen LogP contribution in [0, 0.1) is 5.41 Å². The molecule has 1 saturated carbocycles. The van der Waals surface area contributed by atoms with Gasteiger partial charge in [0.15, 0.2) is 0 Å². The number of nitrogens with zero attached hydrogens (tertiary/aromatic N) is 4. The van der Waals surface area contributed by atoms with Crippen molar-refractivity contribution >= 4 is 40.9 Å². The molecule has 0 bridgehead atoms. The Bertz CT molecular complexity index is 1030. The van der Waals surface area contributed by atoms with Gasteiger partial charge < -0.3 is 22.1 Å². The summed E-state index contributed by atoms with van der Waals surface area (Å²) in [5.74, 6) is 0.816. The lowest BCUT2D eigenvalue weighted by Crippen LogP contribution is -2.50. The number of nitrogens with two attached hydrogens (primary N) is 3. The lowest BCUT2D eigenvalue weighted by molar-refractivity contribution is 0.166. The zero-order valence-corrected chi connectivity index (χ0v) is 20.2. The fraction of sp³-hybridized carbons (Fsp3) is 0.571. The predicted octanol–water partition coefficient (Wildman–Crippen LogP) is 3.22. The van der Waals surface area contributed by atoms with E-state index >= 15 is 0 Å². The first-order valence-corrected chi connectivity index (χ1v) is 12.0. The van der Waals surface area contributed by atoms with E-state index in [1.165, 1.54) is 10.8 Å². The monoisotopic (exact) mass is 483 g/mol. The lowest BCUT2D eigenvalue weighted by Gasteiger charge is -2.42. The molecule has 2 fully saturated rings. The van der Waals surface area contributed by atoms with E-state index in [4.69, 9.17) is 28.8 Å². The Kier molecular flexibility index (Phi) is 7.57. The van der Waals surface area contributed by atoms with Crippen molar-refractivity contribution in [3.05, 3.63) is 27.6 Å². The van der Waals surface area contributed by atoms with Gasteiger partial charge in [-0.25, -0.2) is 9.37 Å². The van der Waals surface area contributed by atoms with E-state index in [1.807, 2.05) is 18.7 Å². The second kappa shape index (κ2) is 9.84. The highest BCUT2D eigenvalue weighted by Gasteiger charge is 2.48. The van der Waals surface area contributed by atoms with Crippen LogP contribution < -0.4 is 27.7 Å². The molecule has 2 atom stereocenters. The van der Waals surface area contributed by atoms with Gasteiger partial charge in [0.2, 0.25) is 5.95 Å². The molecule has 2 aromatic rings. The molecule has 3 heterocycles. The zero-order valence-electron chi connectivity index (χ0n) is 18.6. The van der Waals surface area contributed by atoms with Crippen LogP contribution in [-0.2, 0) is 7.05 Å². The van der Waals surface area contributed by atoms with E-state index in [9.17, 15) is 9.18 Å². The number of hydrogen-bond donors (Lipinski definition) is 3. The van der Waals surface area contributed by atoms with Gasteiger partial charge in [0.05, 0.1) is 5.02 Å². The Balaban J connectivity index is 0.00000141. The summed E-state index contributed by atoms with van der Waals surface area (Å²) in [5.41, 5.74) is 17.6. The Morgan fingerprint density at radius 3 is 2.47 bits per heavy atom. The SMILES string of the molecule is CC.Cn1c(N2CCC3(CCC(F)C3N)CC2)nc(N)c(Sc2ccnc(N)c2Cl)c1=O. The fourth-order valence-electron chi connectivity index (χ4n) is 4.49. The highest BCUT2D eigenvalue weighted by atomic mass is 35.5. The van der Waals surface area contributed by atoms with Gasteiger partial charge in [0.1, 0.15) is 22.7 Å². The van der Waals surface area contributed by atoms with E-state index in [0.29, 0.717) is 30.4 Å². The molecule has 2 aromatic heterocycles. The molecular weight excluding hydrogens is 453 g/mol. The van der Waals surface area contributed by atoms with Gasteiger partial charge in [-0.15, -0.1) is 0 Å². The summed E-state index contributed by atoms with van der Waals surface area (Å²) in [4.78, 5) is 24.3. The van der Waals surface area contributed by atoms with Crippen molar-refractivity contribution in [2.45, 2.75) is 61.5 Å². The molecule has 0 amide bonds. The highest BCUT2D eigenvalue weighted by Crippen LogP contribution is 2.47. The minimum atomic E-state index is -0.931. The normalized spacial score (nSPS) is 22.0. The second-order valence-electron chi connectivity index (χ2n) is 8.03. The van der Waals surface area contributed by atoms with Crippen molar-refractivity contribution in [2.24, 2.45) is 18.2 Å². The van der Waals surface area contributed by atoms with Gasteiger partial charge in [-0.1, -0.05) is 37.2 Å². The molecule has 4 rings (SSSR count). The maximum absolute atomic E-state index is 14.0. The number of halogens is 2. The number of anilines is 3. The maximum atomic E-state index is 14.0. The smallest absolute Gasteiger partial charge is 0.270 e. The van der Waals surface area contributed by atoms with Crippen molar-refractivity contribution in [3.63, 3.8) is 0 Å². The van der Waals surface area contributed by atoms with Gasteiger partial charge in [-0.2, -0.15) is 4.98 Å². The van der Waals surface area contributed by atoms with Crippen molar-refractivity contribution in [1.82, 2.24) is 14.5 Å². The van der Waals surface area contributed by atoms with Gasteiger partial charge >= 0.3 is 0 Å². The van der Waals surface area contributed by atoms with Gasteiger partial charge in [0, 0.05) is 37.3 Å². The quantitative estimate of drug-likeness (QED) is 0.606. The first-order valence-electron chi connectivity index (χ1n) is 10.8. The third-order valence-electron chi connectivity index (χ3n) is 6.40. The number of aromatic nitrogens is 3. The molecule has 6 N–H and O–H groups in total. The molecule has 1 aliphatic carbocycles. The summed E-state index contributed by atoms with van der Waals surface area (Å²) < 4.78 is 15.5. The van der Waals surface area contributed by atoms with Crippen molar-refractivity contribution in [3.8, 4) is 0 Å². The molecule has 1 aliphatic heterocycles. The summed E-state index contributed by atoms with van der Waals surface area (Å²) in [7, 11) is 1.67. The average molecular weight is 484 g/mol. The Hall–Kier alpha value is -2.04. The van der Waals surface area contributed by atoms with Gasteiger partial charge in [-0.05, 0) is 37.2 Å². The second-order valence-corrected chi connectivity index (χ2v) is 9.46. The number of rotatable bonds is 3. The van der Waals surface area contributed by atoms with Crippen molar-refractivity contribution < 1.29 is 4.39 Å². The molecule has 1 saturated heterocycles. The van der Waals surface area contributed by atoms with Crippen molar-refractivity contribution in [2.75, 3.05) is 29.5 Å². The number of nitrogen functional groups attached to an aromatic ring is 2. The van der Waals surface area contributed by atoms with Crippen LogP contribution in [-0.4, -0.2) is 39.8 Å². The summed E-state index contributed by atoms with van der Waals surface area (Å²) >= 11 is 7.32. The lowest BCUT2D eigenvalue weighted by atomic mass is 9.74. The van der Waals surface area contributed by atoms with Crippen LogP contribution in [0.5, 0.6) is 0 Å². The minimum absolute atomic E-state index is 0.131. The maximum Gasteiger partial charge on any atom is 0.270 e. The van der Waals surface area contributed by atoms with Gasteiger partial charge in [0.25, 0.3) is 5.56 Å². The topological polar surface area (TPSA) is 129 Å². The third-order valence-corrected chi connectivity index (χ3v) is 8.06. The van der Waals surface area contributed by atoms with E-state index in [2.05, 4.69) is 9.97 Å². The molecule has 8 nitrogen and oxygen atoms in total. The predicted molar refractivity (Wildman–Crippen MR) is 129 cm³/mol. The number of piperidine rings is 1. The molecule has 0 aromatic carbocycles. The van der Waals surface area contributed by atoms with Crippen LogP contribution >= 0.6 is 23.4 Å². The Morgan fingerprint density at radius 1 is 1.22 bits per heavy atom. The molecule has 32 heavy (non-hydrogen) atoms. The molecule has 0 radical (unpaired) electrons. The summed E-state index contributed by atoms with van der Waals surface area (Å²) in [6.45, 7) is 5.30. The largest absolute Gasteiger partial charge is 0.382 e. The fourth-order valence-corrected chi connectivity index (χ4v) is 5.63. The first kappa shape index (κ1) is 24.6. The molecular formula is C21H31ClFN7OS. The first-order chi connectivity index (χ1) is 15.2. The summed E-state index contributed by atoms with van der Waals surface area (Å²) in [6, 6.07) is 1.25.